The van der Waals surface area contributed by atoms with Crippen LogP contribution in [0.25, 0.3) is 22.3 Å². The normalized spacial score (nSPS) is 10.9. The highest BCUT2D eigenvalue weighted by atomic mass is 35.5. The number of rotatable bonds is 19. The van der Waals surface area contributed by atoms with Crippen molar-refractivity contribution in [2.24, 2.45) is 0 Å². The molecule has 7 nitrogen and oxygen atoms in total. The van der Waals surface area contributed by atoms with Crippen LogP contribution in [0, 0.1) is 0 Å². The summed E-state index contributed by atoms with van der Waals surface area (Å²) >= 11 is 6.57. The van der Waals surface area contributed by atoms with E-state index >= 15 is 0 Å². The van der Waals surface area contributed by atoms with E-state index in [0.717, 1.165) is 76.9 Å². The lowest BCUT2D eigenvalue weighted by Crippen LogP contribution is -2.07. The van der Waals surface area contributed by atoms with Crippen LogP contribution < -0.4 is 14.4 Å². The lowest BCUT2D eigenvalue weighted by atomic mass is 9.97. The monoisotopic (exact) mass is 657 g/mol. The number of hydrogen-bond donors (Lipinski definition) is 2. The number of ether oxygens (including phenoxy) is 2. The van der Waals surface area contributed by atoms with Crippen molar-refractivity contribution in [2.45, 2.75) is 57.8 Å². The molecule has 0 fully saturated rings. The molecule has 0 spiro atoms. The van der Waals surface area contributed by atoms with Gasteiger partial charge in [-0.2, -0.15) is 0 Å². The minimum atomic E-state index is -0.861. The molecule has 0 aliphatic rings. The van der Waals surface area contributed by atoms with E-state index in [1.807, 2.05) is 62.6 Å². The van der Waals surface area contributed by atoms with Crippen LogP contribution in [0.4, 0.5) is 5.69 Å². The third-order valence-corrected chi connectivity index (χ3v) is 8.36. The fourth-order valence-electron chi connectivity index (χ4n) is 5.51. The lowest BCUT2D eigenvalue weighted by Gasteiger charge is -2.16. The second kappa shape index (κ2) is 18.0. The number of halogens is 1. The number of carboxylic acids is 2. The Balaban J connectivity index is 1.34. The van der Waals surface area contributed by atoms with Gasteiger partial charge >= 0.3 is 11.9 Å². The molecule has 0 amide bonds. The average Bonchev–Trinajstić information content (AvgIpc) is 3.05. The lowest BCUT2D eigenvalue weighted by molar-refractivity contribution is -0.138. The van der Waals surface area contributed by atoms with Crippen LogP contribution in [-0.2, 0) is 22.4 Å². The van der Waals surface area contributed by atoms with Crippen molar-refractivity contribution in [3.63, 3.8) is 0 Å². The summed E-state index contributed by atoms with van der Waals surface area (Å²) in [5, 5.41) is 18.9. The van der Waals surface area contributed by atoms with Crippen molar-refractivity contribution in [2.75, 3.05) is 32.2 Å². The van der Waals surface area contributed by atoms with Crippen molar-refractivity contribution in [3.05, 3.63) is 101 Å². The largest absolute Gasteiger partial charge is 0.494 e. The van der Waals surface area contributed by atoms with Crippen molar-refractivity contribution in [1.29, 1.82) is 0 Å². The second-order valence-electron chi connectivity index (χ2n) is 11.8. The smallest absolute Gasteiger partial charge is 0.303 e. The molecule has 4 aromatic rings. The summed E-state index contributed by atoms with van der Waals surface area (Å²) in [5.74, 6) is -0.268. The van der Waals surface area contributed by atoms with Gasteiger partial charge in [-0.05, 0) is 102 Å². The first-order valence-corrected chi connectivity index (χ1v) is 16.6. The van der Waals surface area contributed by atoms with E-state index in [0.29, 0.717) is 30.2 Å². The van der Waals surface area contributed by atoms with Crippen molar-refractivity contribution in [1.82, 2.24) is 0 Å². The predicted molar refractivity (Wildman–Crippen MR) is 189 cm³/mol. The molecule has 0 heterocycles. The van der Waals surface area contributed by atoms with Gasteiger partial charge in [-0.1, -0.05) is 66.9 Å². The Labute approximate surface area is 282 Å². The summed E-state index contributed by atoms with van der Waals surface area (Å²) in [5.41, 5.74) is 7.26. The average molecular weight is 658 g/mol. The highest BCUT2D eigenvalue weighted by Gasteiger charge is 2.13. The Morgan fingerprint density at radius 2 is 1.38 bits per heavy atom. The molecule has 0 saturated heterocycles. The van der Waals surface area contributed by atoms with E-state index in [1.165, 1.54) is 0 Å². The fourth-order valence-corrected chi connectivity index (χ4v) is 5.76. The SMILES string of the molecule is CN(C)c1ccc(-c2cc(OCCCCCCc3cccc(OCCCC(=O)O)c3CCC(=O)O)cc(-c3ccccc3Cl)c2)cc1. The maximum atomic E-state index is 11.3. The standard InChI is InChI=1S/C39H44ClNO6/c1-41(2)32-19-17-28(18-20-32)30-25-31(34-13-6-7-14-36(34)40)27-33(26-30)46-23-8-4-3-5-11-29-12-9-15-37(35(29)21-22-39(44)45)47-24-10-16-38(42)43/h6-7,9,12-15,17-20,25-27H,3-5,8,10-11,16,21-24H2,1-2H3,(H,42,43)(H,44,45). The quantitative estimate of drug-likeness (QED) is 0.0971. The summed E-state index contributed by atoms with van der Waals surface area (Å²) in [7, 11) is 4.06. The van der Waals surface area contributed by atoms with Gasteiger partial charge in [-0.3, -0.25) is 9.59 Å². The number of carbonyl (C=O) groups is 2. The van der Waals surface area contributed by atoms with E-state index in [-0.39, 0.29) is 19.4 Å². The van der Waals surface area contributed by atoms with Crippen LogP contribution in [0.2, 0.25) is 5.02 Å². The zero-order chi connectivity index (χ0) is 33.6. The Kier molecular flexibility index (Phi) is 13.5. The molecule has 248 valence electrons. The number of benzene rings is 4. The highest BCUT2D eigenvalue weighted by molar-refractivity contribution is 6.33. The summed E-state index contributed by atoms with van der Waals surface area (Å²) in [6.45, 7) is 0.871. The maximum Gasteiger partial charge on any atom is 0.303 e. The van der Waals surface area contributed by atoms with Gasteiger partial charge in [-0.15, -0.1) is 0 Å². The molecule has 0 aromatic heterocycles. The van der Waals surface area contributed by atoms with Gasteiger partial charge in [0.2, 0.25) is 0 Å². The minimum Gasteiger partial charge on any atom is -0.494 e. The van der Waals surface area contributed by atoms with Gasteiger partial charge in [-0.25, -0.2) is 0 Å². The molecule has 0 atom stereocenters. The van der Waals surface area contributed by atoms with E-state index in [4.69, 9.17) is 26.2 Å². The second-order valence-corrected chi connectivity index (χ2v) is 12.2. The molecule has 0 bridgehead atoms. The van der Waals surface area contributed by atoms with Crippen LogP contribution in [0.3, 0.4) is 0 Å². The molecule has 0 aliphatic carbocycles. The van der Waals surface area contributed by atoms with E-state index in [1.54, 1.807) is 0 Å². The first-order chi connectivity index (χ1) is 22.7. The molecule has 4 rings (SSSR count). The highest BCUT2D eigenvalue weighted by Crippen LogP contribution is 2.35. The molecule has 4 aromatic carbocycles. The van der Waals surface area contributed by atoms with Gasteiger partial charge in [0.05, 0.1) is 13.2 Å². The van der Waals surface area contributed by atoms with E-state index in [9.17, 15) is 14.7 Å². The number of nitrogens with zero attached hydrogens (tertiary/aromatic N) is 1. The molecule has 0 aliphatic heterocycles. The number of carboxylic acid groups (broad SMARTS) is 2. The summed E-state index contributed by atoms with van der Waals surface area (Å²) in [6, 6.07) is 28.4. The zero-order valence-corrected chi connectivity index (χ0v) is 28.0. The van der Waals surface area contributed by atoms with Crippen LogP contribution in [0.1, 0.15) is 56.1 Å². The van der Waals surface area contributed by atoms with Crippen molar-refractivity contribution in [3.8, 4) is 33.8 Å². The number of unbranched alkanes of at least 4 members (excludes halogenated alkanes) is 3. The van der Waals surface area contributed by atoms with Gasteiger partial charge in [0, 0.05) is 43.2 Å². The number of aryl methyl sites for hydroxylation is 1. The summed E-state index contributed by atoms with van der Waals surface area (Å²) in [4.78, 5) is 24.2. The van der Waals surface area contributed by atoms with Gasteiger partial charge in [0.25, 0.3) is 0 Å². The summed E-state index contributed by atoms with van der Waals surface area (Å²) < 4.78 is 12.2. The molecular weight excluding hydrogens is 614 g/mol. The number of hydrogen-bond acceptors (Lipinski definition) is 5. The Bertz CT molecular complexity index is 1620. The predicted octanol–water partition coefficient (Wildman–Crippen LogP) is 9.18. The molecule has 8 heteroatoms. The molecular formula is C39H44ClNO6. The van der Waals surface area contributed by atoms with Gasteiger partial charge < -0.3 is 24.6 Å². The zero-order valence-electron chi connectivity index (χ0n) is 27.2. The van der Waals surface area contributed by atoms with Gasteiger partial charge in [0.15, 0.2) is 0 Å². The molecule has 2 N–H and O–H groups in total. The van der Waals surface area contributed by atoms with E-state index < -0.39 is 11.9 Å². The first kappa shape index (κ1) is 35.4. The van der Waals surface area contributed by atoms with Gasteiger partial charge in [0.1, 0.15) is 11.5 Å². The Hall–Kier alpha value is -4.49. The minimum absolute atomic E-state index is 0.0145. The molecule has 47 heavy (non-hydrogen) atoms. The third-order valence-electron chi connectivity index (χ3n) is 8.03. The van der Waals surface area contributed by atoms with E-state index in [2.05, 4.69) is 41.3 Å². The third kappa shape index (κ3) is 11.1. The Morgan fingerprint density at radius 1 is 0.681 bits per heavy atom. The van der Waals surface area contributed by atoms with Crippen LogP contribution in [-0.4, -0.2) is 49.5 Å². The Morgan fingerprint density at radius 3 is 2.11 bits per heavy atom. The van der Waals surface area contributed by atoms with Crippen molar-refractivity contribution < 1.29 is 29.3 Å². The van der Waals surface area contributed by atoms with Crippen LogP contribution >= 0.6 is 11.6 Å². The molecule has 0 unspecified atom stereocenters. The van der Waals surface area contributed by atoms with Crippen LogP contribution in [0.5, 0.6) is 11.5 Å². The number of anilines is 1. The molecule has 0 radical (unpaired) electrons. The van der Waals surface area contributed by atoms with Crippen molar-refractivity contribution >= 4 is 29.2 Å². The summed E-state index contributed by atoms with van der Waals surface area (Å²) in [6.07, 6.45) is 5.51. The fraction of sp³-hybridized carbons (Fsp3) is 0.333. The topological polar surface area (TPSA) is 96.3 Å². The maximum absolute atomic E-state index is 11.3. The molecule has 0 saturated carbocycles. The number of aliphatic carboxylic acids is 2. The van der Waals surface area contributed by atoms with Crippen LogP contribution in [0.15, 0.2) is 84.9 Å². The first-order valence-electron chi connectivity index (χ1n) is 16.2.